The van der Waals surface area contributed by atoms with Crippen LogP contribution in [0.2, 0.25) is 0 Å². The third-order valence-electron chi connectivity index (χ3n) is 3.71. The molecule has 1 unspecified atom stereocenters. The summed E-state index contributed by atoms with van der Waals surface area (Å²) in [6.45, 7) is -0.197. The number of alkyl halides is 3. The lowest BCUT2D eigenvalue weighted by molar-refractivity contribution is -0.147. The highest BCUT2D eigenvalue weighted by molar-refractivity contribution is 5.73. The van der Waals surface area contributed by atoms with Crippen molar-refractivity contribution in [3.05, 3.63) is 16.6 Å². The normalized spacial score (nSPS) is 19.9. The van der Waals surface area contributed by atoms with Gasteiger partial charge in [-0.15, -0.1) is 0 Å². The molecule has 1 fully saturated rings. The first kappa shape index (κ1) is 14.8. The van der Waals surface area contributed by atoms with Crippen molar-refractivity contribution in [2.75, 3.05) is 25.0 Å². The maximum absolute atomic E-state index is 12.5. The molecule has 0 spiro atoms. The summed E-state index contributed by atoms with van der Waals surface area (Å²) < 4.78 is 37.5. The molecule has 22 heavy (non-hydrogen) atoms. The summed E-state index contributed by atoms with van der Waals surface area (Å²) in [6.07, 6.45) is -1.43. The molecule has 0 radical (unpaired) electrons. The van der Waals surface area contributed by atoms with Gasteiger partial charge in [0.15, 0.2) is 5.65 Å². The summed E-state index contributed by atoms with van der Waals surface area (Å²) in [5, 5.41) is 9.55. The third-order valence-corrected chi connectivity index (χ3v) is 3.71. The van der Waals surface area contributed by atoms with E-state index in [0.29, 0.717) is 30.5 Å². The van der Waals surface area contributed by atoms with Crippen LogP contribution >= 0.6 is 0 Å². The second kappa shape index (κ2) is 5.59. The Balaban J connectivity index is 1.66. The molecule has 10 heteroatoms. The van der Waals surface area contributed by atoms with Crippen molar-refractivity contribution in [1.29, 1.82) is 0 Å². The predicted octanol–water partition coefficient (Wildman–Crippen LogP) is 1.08. The monoisotopic (exact) mass is 316 g/mol. The fraction of sp³-hybridized carbons (Fsp3) is 0.583. The van der Waals surface area contributed by atoms with E-state index in [4.69, 9.17) is 0 Å². The molecule has 1 saturated heterocycles. The third kappa shape index (κ3) is 3.21. The zero-order valence-corrected chi connectivity index (χ0v) is 11.6. The highest BCUT2D eigenvalue weighted by Crippen LogP contribution is 2.24. The van der Waals surface area contributed by atoms with Gasteiger partial charge < -0.3 is 5.32 Å². The number of anilines is 1. The van der Waals surface area contributed by atoms with Crippen LogP contribution in [0.3, 0.4) is 0 Å². The molecule has 1 aliphatic heterocycles. The fourth-order valence-electron chi connectivity index (χ4n) is 2.71. The zero-order chi connectivity index (χ0) is 15.7. The first-order chi connectivity index (χ1) is 10.4. The van der Waals surface area contributed by atoms with Crippen molar-refractivity contribution >= 4 is 17.0 Å². The summed E-state index contributed by atoms with van der Waals surface area (Å²) in [5.74, 6) is 0.223. The molecule has 0 saturated carbocycles. The first-order valence-electron chi connectivity index (χ1n) is 6.90. The van der Waals surface area contributed by atoms with Crippen LogP contribution in [0, 0.1) is 0 Å². The van der Waals surface area contributed by atoms with Crippen molar-refractivity contribution in [2.45, 2.75) is 25.1 Å². The maximum atomic E-state index is 12.5. The molecule has 3 rings (SSSR count). The summed E-state index contributed by atoms with van der Waals surface area (Å²) in [7, 11) is 0. The molecule has 0 aromatic carbocycles. The minimum atomic E-state index is -4.20. The number of rotatable bonds is 4. The van der Waals surface area contributed by atoms with Crippen LogP contribution in [-0.2, 0) is 0 Å². The van der Waals surface area contributed by atoms with E-state index in [0.717, 1.165) is 6.42 Å². The van der Waals surface area contributed by atoms with Crippen molar-refractivity contribution < 1.29 is 13.2 Å². The van der Waals surface area contributed by atoms with Crippen molar-refractivity contribution in [3.63, 3.8) is 0 Å². The van der Waals surface area contributed by atoms with Crippen LogP contribution < -0.4 is 10.9 Å². The summed E-state index contributed by atoms with van der Waals surface area (Å²) in [6, 6.07) is -0.232. The molecule has 7 nitrogen and oxygen atoms in total. The van der Waals surface area contributed by atoms with E-state index in [9.17, 15) is 18.0 Å². The summed E-state index contributed by atoms with van der Waals surface area (Å²) in [4.78, 5) is 19.8. The number of H-pyrrole nitrogens is 2. The fourth-order valence-corrected chi connectivity index (χ4v) is 2.71. The lowest BCUT2D eigenvalue weighted by Gasteiger charge is -2.25. The molecule has 3 N–H and O–H groups in total. The average molecular weight is 316 g/mol. The molecular weight excluding hydrogens is 301 g/mol. The lowest BCUT2D eigenvalue weighted by atomic mass is 10.2. The van der Waals surface area contributed by atoms with E-state index in [1.165, 1.54) is 11.1 Å². The van der Waals surface area contributed by atoms with Crippen LogP contribution in [0.5, 0.6) is 0 Å². The summed E-state index contributed by atoms with van der Waals surface area (Å²) in [5.41, 5.74) is -0.00959. The van der Waals surface area contributed by atoms with Gasteiger partial charge in [0.25, 0.3) is 5.56 Å². The smallest absolute Gasteiger partial charge is 0.354 e. The van der Waals surface area contributed by atoms with Gasteiger partial charge in [-0.2, -0.15) is 23.3 Å². The molecule has 0 aliphatic carbocycles. The lowest BCUT2D eigenvalue weighted by Crippen LogP contribution is -2.41. The minimum Gasteiger partial charge on any atom is -0.354 e. The number of fused-ring (bicyclic) bond motifs is 1. The van der Waals surface area contributed by atoms with E-state index in [2.05, 4.69) is 25.5 Å². The molecule has 2 aromatic heterocycles. The average Bonchev–Trinajstić information content (AvgIpc) is 3.03. The van der Waals surface area contributed by atoms with Crippen molar-refractivity contribution in [2.24, 2.45) is 0 Å². The second-order valence-corrected chi connectivity index (χ2v) is 5.31. The molecule has 120 valence electrons. The quantitative estimate of drug-likeness (QED) is 0.785. The van der Waals surface area contributed by atoms with Gasteiger partial charge in [-0.1, -0.05) is 0 Å². The van der Waals surface area contributed by atoms with Crippen molar-refractivity contribution in [1.82, 2.24) is 25.1 Å². The first-order valence-corrected chi connectivity index (χ1v) is 6.90. The molecular formula is C12H15F3N6O. The van der Waals surface area contributed by atoms with Gasteiger partial charge in [0, 0.05) is 12.6 Å². The largest absolute Gasteiger partial charge is 0.401 e. The topological polar surface area (TPSA) is 89.7 Å². The van der Waals surface area contributed by atoms with Crippen LogP contribution in [0.4, 0.5) is 19.1 Å². The van der Waals surface area contributed by atoms with Gasteiger partial charge in [0.2, 0.25) is 5.95 Å². The number of likely N-dealkylation sites (tertiary alicyclic amines) is 1. The van der Waals surface area contributed by atoms with E-state index in [-0.39, 0.29) is 17.5 Å². The number of hydrogen-bond acceptors (Lipinski definition) is 5. The van der Waals surface area contributed by atoms with Crippen LogP contribution in [-0.4, -0.2) is 56.9 Å². The number of aromatic nitrogens is 4. The van der Waals surface area contributed by atoms with E-state index < -0.39 is 12.7 Å². The molecule has 3 heterocycles. The Bertz CT molecular complexity index is 709. The number of nitrogens with one attached hydrogen (secondary N) is 3. The molecule has 1 aliphatic rings. The number of nitrogens with zero attached hydrogens (tertiary/aromatic N) is 3. The van der Waals surface area contributed by atoms with Gasteiger partial charge in [-0.25, -0.2) is 0 Å². The Morgan fingerprint density at radius 1 is 1.45 bits per heavy atom. The Morgan fingerprint density at radius 2 is 2.27 bits per heavy atom. The number of halogens is 3. The van der Waals surface area contributed by atoms with Crippen LogP contribution in [0.1, 0.15) is 12.8 Å². The second-order valence-electron chi connectivity index (χ2n) is 5.31. The minimum absolute atomic E-state index is 0.223. The highest BCUT2D eigenvalue weighted by Gasteiger charge is 2.35. The van der Waals surface area contributed by atoms with Crippen molar-refractivity contribution in [3.8, 4) is 0 Å². The van der Waals surface area contributed by atoms with Gasteiger partial charge in [-0.3, -0.25) is 19.8 Å². The van der Waals surface area contributed by atoms with E-state index >= 15 is 0 Å². The Labute approximate surface area is 122 Å². The Kier molecular flexibility index (Phi) is 3.77. The highest BCUT2D eigenvalue weighted by atomic mass is 19.4. The maximum Gasteiger partial charge on any atom is 0.401 e. The molecule has 0 bridgehead atoms. The van der Waals surface area contributed by atoms with E-state index in [1.807, 2.05) is 0 Å². The molecule has 2 aromatic rings. The SMILES string of the molecule is O=c1[nH]c(NCC2CCCN2CC(F)(F)F)nc2[nH]ncc12. The Morgan fingerprint density at radius 3 is 3.05 bits per heavy atom. The van der Waals surface area contributed by atoms with Gasteiger partial charge in [0.1, 0.15) is 5.39 Å². The van der Waals surface area contributed by atoms with Crippen LogP contribution in [0.15, 0.2) is 11.0 Å². The number of hydrogen-bond donors (Lipinski definition) is 3. The number of aromatic amines is 2. The Hall–Kier alpha value is -2.10. The van der Waals surface area contributed by atoms with Gasteiger partial charge in [0.05, 0.1) is 12.7 Å². The van der Waals surface area contributed by atoms with Gasteiger partial charge in [-0.05, 0) is 19.4 Å². The van der Waals surface area contributed by atoms with Gasteiger partial charge >= 0.3 is 6.18 Å². The van der Waals surface area contributed by atoms with Crippen LogP contribution in [0.25, 0.3) is 11.0 Å². The standard InChI is InChI=1S/C12H15F3N6O/c13-12(14,15)6-21-3-1-2-7(21)4-16-11-18-9-8(5-17-20-9)10(22)19-11/h5,7H,1-4,6H2,(H3,16,17,18,19,20,22). The van der Waals surface area contributed by atoms with E-state index in [1.54, 1.807) is 0 Å². The predicted molar refractivity (Wildman–Crippen MR) is 73.6 cm³/mol. The molecule has 0 amide bonds. The zero-order valence-electron chi connectivity index (χ0n) is 11.6. The summed E-state index contributed by atoms with van der Waals surface area (Å²) >= 11 is 0. The molecule has 1 atom stereocenters.